The molecule has 0 bridgehead atoms. The Hall–Kier alpha value is -1.67. The van der Waals surface area contributed by atoms with Gasteiger partial charge in [0.05, 0.1) is 13.2 Å². The molecule has 1 aromatic heterocycles. The molecule has 21 heavy (non-hydrogen) atoms. The molecule has 0 unspecified atom stereocenters. The fourth-order valence-corrected chi connectivity index (χ4v) is 2.19. The largest absolute Gasteiger partial charge is 0.378 e. The summed E-state index contributed by atoms with van der Waals surface area (Å²) in [6.45, 7) is 6.07. The lowest BCUT2D eigenvalue weighted by molar-refractivity contribution is 0.122. The number of ether oxygens (including phenoxy) is 1. The summed E-state index contributed by atoms with van der Waals surface area (Å²) in [5.74, 6) is 7.17. The molecule has 0 spiro atoms. The Kier molecular flexibility index (Phi) is 5.94. The van der Waals surface area contributed by atoms with E-state index in [4.69, 9.17) is 10.6 Å². The number of nitrogens with zero attached hydrogens (tertiary/aromatic N) is 5. The molecule has 1 aliphatic rings. The Labute approximate surface area is 125 Å². The van der Waals surface area contributed by atoms with Gasteiger partial charge in [-0.25, -0.2) is 5.84 Å². The van der Waals surface area contributed by atoms with Crippen molar-refractivity contribution < 1.29 is 4.74 Å². The van der Waals surface area contributed by atoms with E-state index in [1.54, 1.807) is 0 Å². The van der Waals surface area contributed by atoms with Crippen LogP contribution in [0.3, 0.4) is 0 Å². The average molecular weight is 295 g/mol. The minimum Gasteiger partial charge on any atom is -0.378 e. The van der Waals surface area contributed by atoms with Crippen LogP contribution in [0.15, 0.2) is 0 Å². The van der Waals surface area contributed by atoms with Crippen molar-refractivity contribution in [3.8, 4) is 0 Å². The molecule has 3 N–H and O–H groups in total. The molecule has 8 nitrogen and oxygen atoms in total. The highest BCUT2D eigenvalue weighted by molar-refractivity contribution is 5.44. The van der Waals surface area contributed by atoms with E-state index in [-0.39, 0.29) is 0 Å². The second-order valence-corrected chi connectivity index (χ2v) is 5.13. The van der Waals surface area contributed by atoms with Crippen LogP contribution in [-0.2, 0) is 4.74 Å². The van der Waals surface area contributed by atoms with E-state index in [2.05, 4.69) is 32.2 Å². The van der Waals surface area contributed by atoms with Gasteiger partial charge in [0.25, 0.3) is 0 Å². The molecule has 0 atom stereocenters. The standard InChI is InChI=1S/C13H25N7O/c1-3-4-5-6-19(2)12-15-11(18-14)16-13(17-12)20-7-9-21-10-8-20/h3-10,14H2,1-2H3,(H,15,16,17,18). The maximum atomic E-state index is 5.47. The number of nitrogen functional groups attached to an aromatic ring is 1. The van der Waals surface area contributed by atoms with E-state index in [0.29, 0.717) is 31.1 Å². The summed E-state index contributed by atoms with van der Waals surface area (Å²) in [6, 6.07) is 0. The second-order valence-electron chi connectivity index (χ2n) is 5.13. The van der Waals surface area contributed by atoms with E-state index in [1.165, 1.54) is 12.8 Å². The van der Waals surface area contributed by atoms with Gasteiger partial charge in [0.15, 0.2) is 0 Å². The van der Waals surface area contributed by atoms with Crippen LogP contribution in [0.1, 0.15) is 26.2 Å². The molecular weight excluding hydrogens is 270 g/mol. The molecule has 2 rings (SSSR count). The van der Waals surface area contributed by atoms with Crippen molar-refractivity contribution in [1.29, 1.82) is 0 Å². The molecule has 0 radical (unpaired) electrons. The van der Waals surface area contributed by atoms with E-state index < -0.39 is 0 Å². The number of rotatable bonds is 7. The van der Waals surface area contributed by atoms with E-state index in [0.717, 1.165) is 26.1 Å². The van der Waals surface area contributed by atoms with Crippen molar-refractivity contribution in [3.05, 3.63) is 0 Å². The Morgan fingerprint density at radius 3 is 2.67 bits per heavy atom. The molecule has 1 fully saturated rings. The molecule has 1 saturated heterocycles. The van der Waals surface area contributed by atoms with Gasteiger partial charge in [-0.2, -0.15) is 15.0 Å². The lowest BCUT2D eigenvalue weighted by atomic mass is 10.2. The predicted molar refractivity (Wildman–Crippen MR) is 83.5 cm³/mol. The molecule has 0 saturated carbocycles. The van der Waals surface area contributed by atoms with Crippen molar-refractivity contribution in [1.82, 2.24) is 15.0 Å². The fraction of sp³-hybridized carbons (Fsp3) is 0.769. The van der Waals surface area contributed by atoms with Crippen molar-refractivity contribution in [2.45, 2.75) is 26.2 Å². The summed E-state index contributed by atoms with van der Waals surface area (Å²) in [7, 11) is 1.99. The van der Waals surface area contributed by atoms with Gasteiger partial charge in [0.1, 0.15) is 0 Å². The van der Waals surface area contributed by atoms with E-state index in [1.807, 2.05) is 11.9 Å². The van der Waals surface area contributed by atoms with Crippen LogP contribution in [0, 0.1) is 0 Å². The Morgan fingerprint density at radius 1 is 1.24 bits per heavy atom. The average Bonchev–Trinajstić information content (AvgIpc) is 2.55. The molecule has 1 aromatic rings. The molecule has 0 aliphatic carbocycles. The zero-order valence-electron chi connectivity index (χ0n) is 12.9. The second kappa shape index (κ2) is 7.94. The van der Waals surface area contributed by atoms with Gasteiger partial charge in [0, 0.05) is 26.7 Å². The van der Waals surface area contributed by atoms with Gasteiger partial charge < -0.3 is 14.5 Å². The third kappa shape index (κ3) is 4.40. The predicted octanol–water partition coefficient (Wildman–Crippen LogP) is 0.620. The number of nitrogens with two attached hydrogens (primary N) is 1. The quantitative estimate of drug-likeness (QED) is 0.430. The zero-order valence-corrected chi connectivity index (χ0v) is 12.9. The summed E-state index contributed by atoms with van der Waals surface area (Å²) in [5, 5.41) is 0. The molecule has 1 aliphatic heterocycles. The van der Waals surface area contributed by atoms with Crippen LogP contribution in [0.2, 0.25) is 0 Å². The Balaban J connectivity index is 2.12. The van der Waals surface area contributed by atoms with Gasteiger partial charge in [-0.15, -0.1) is 0 Å². The van der Waals surface area contributed by atoms with Gasteiger partial charge in [-0.1, -0.05) is 19.8 Å². The number of hydrogen-bond acceptors (Lipinski definition) is 8. The highest BCUT2D eigenvalue weighted by Crippen LogP contribution is 2.17. The Bertz CT molecular complexity index is 437. The van der Waals surface area contributed by atoms with Crippen molar-refractivity contribution in [2.24, 2.45) is 5.84 Å². The first-order valence-electron chi connectivity index (χ1n) is 7.51. The molecular formula is C13H25N7O. The van der Waals surface area contributed by atoms with Crippen LogP contribution in [0.25, 0.3) is 0 Å². The summed E-state index contributed by atoms with van der Waals surface area (Å²) >= 11 is 0. The first kappa shape index (κ1) is 15.7. The van der Waals surface area contributed by atoms with Crippen LogP contribution in [0.5, 0.6) is 0 Å². The molecule has 8 heteroatoms. The van der Waals surface area contributed by atoms with Crippen LogP contribution in [-0.4, -0.2) is 54.8 Å². The summed E-state index contributed by atoms with van der Waals surface area (Å²) in [6.07, 6.45) is 3.52. The summed E-state index contributed by atoms with van der Waals surface area (Å²) in [5.41, 5.74) is 2.52. The number of anilines is 3. The minimum atomic E-state index is 0.392. The fourth-order valence-electron chi connectivity index (χ4n) is 2.19. The number of morpholine rings is 1. The van der Waals surface area contributed by atoms with Crippen LogP contribution < -0.4 is 21.1 Å². The highest BCUT2D eigenvalue weighted by Gasteiger charge is 2.17. The number of hydrazine groups is 1. The van der Waals surface area contributed by atoms with Crippen molar-refractivity contribution in [3.63, 3.8) is 0 Å². The maximum absolute atomic E-state index is 5.47. The lowest BCUT2D eigenvalue weighted by Crippen LogP contribution is -2.38. The third-order valence-electron chi connectivity index (χ3n) is 3.47. The first-order chi connectivity index (χ1) is 10.2. The molecule has 0 aromatic carbocycles. The van der Waals surface area contributed by atoms with E-state index in [9.17, 15) is 0 Å². The van der Waals surface area contributed by atoms with Gasteiger partial charge in [-0.3, -0.25) is 5.43 Å². The molecule has 0 amide bonds. The highest BCUT2D eigenvalue weighted by atomic mass is 16.5. The monoisotopic (exact) mass is 295 g/mol. The number of unbranched alkanes of at least 4 members (excludes halogenated alkanes) is 2. The number of nitrogens with one attached hydrogen (secondary N) is 1. The number of hydrogen-bond donors (Lipinski definition) is 2. The minimum absolute atomic E-state index is 0.392. The molecule has 118 valence electrons. The normalized spacial score (nSPS) is 15.1. The first-order valence-corrected chi connectivity index (χ1v) is 7.51. The van der Waals surface area contributed by atoms with Gasteiger partial charge >= 0.3 is 0 Å². The van der Waals surface area contributed by atoms with Crippen molar-refractivity contribution in [2.75, 3.05) is 55.1 Å². The summed E-state index contributed by atoms with van der Waals surface area (Å²) < 4.78 is 5.36. The van der Waals surface area contributed by atoms with E-state index >= 15 is 0 Å². The SMILES string of the molecule is CCCCCN(C)c1nc(NN)nc(N2CCOCC2)n1. The lowest BCUT2D eigenvalue weighted by Gasteiger charge is -2.27. The van der Waals surface area contributed by atoms with Gasteiger partial charge in [-0.05, 0) is 6.42 Å². The smallest absolute Gasteiger partial charge is 0.243 e. The number of aromatic nitrogens is 3. The van der Waals surface area contributed by atoms with Crippen LogP contribution in [0.4, 0.5) is 17.8 Å². The summed E-state index contributed by atoms with van der Waals surface area (Å²) in [4.78, 5) is 17.4. The van der Waals surface area contributed by atoms with Crippen molar-refractivity contribution >= 4 is 17.8 Å². The Morgan fingerprint density at radius 2 is 2.00 bits per heavy atom. The van der Waals surface area contributed by atoms with Crippen LogP contribution >= 0.6 is 0 Å². The molecule has 2 heterocycles. The topological polar surface area (TPSA) is 92.4 Å². The zero-order chi connectivity index (χ0) is 15.1. The van der Waals surface area contributed by atoms with Gasteiger partial charge in [0.2, 0.25) is 17.8 Å². The maximum Gasteiger partial charge on any atom is 0.243 e. The third-order valence-corrected chi connectivity index (χ3v) is 3.47.